The van der Waals surface area contributed by atoms with Crippen LogP contribution in [0.3, 0.4) is 0 Å². The lowest BCUT2D eigenvalue weighted by Gasteiger charge is -2.06. The minimum absolute atomic E-state index is 0.116. The number of nitrogens with zero attached hydrogens (tertiary/aromatic N) is 3. The molecule has 4 nitrogen and oxygen atoms in total. The molecule has 0 aliphatic rings. The summed E-state index contributed by atoms with van der Waals surface area (Å²) in [6, 6.07) is 7.47. The molecule has 1 aromatic carbocycles. The zero-order valence-electron chi connectivity index (χ0n) is 9.93. The Morgan fingerprint density at radius 2 is 2.06 bits per heavy atom. The molecule has 18 heavy (non-hydrogen) atoms. The van der Waals surface area contributed by atoms with Crippen molar-refractivity contribution in [3.63, 3.8) is 0 Å². The summed E-state index contributed by atoms with van der Waals surface area (Å²) in [6.07, 6.45) is 2.33. The molecular formula is C13H12ClN3O. The summed E-state index contributed by atoms with van der Waals surface area (Å²) in [5.41, 5.74) is 1.63. The Hall–Kier alpha value is -1.81. The summed E-state index contributed by atoms with van der Waals surface area (Å²) in [6.45, 7) is 1.85. The number of halogens is 1. The SMILES string of the molecule is CCC(=O)c1ccccc1Cc1ncnc(Cl)n1. The van der Waals surface area contributed by atoms with Crippen molar-refractivity contribution in [3.8, 4) is 0 Å². The Kier molecular flexibility index (Phi) is 3.99. The topological polar surface area (TPSA) is 55.7 Å². The largest absolute Gasteiger partial charge is 0.294 e. The fourth-order valence-corrected chi connectivity index (χ4v) is 1.84. The highest BCUT2D eigenvalue weighted by Crippen LogP contribution is 2.14. The van der Waals surface area contributed by atoms with Crippen molar-refractivity contribution < 1.29 is 4.79 Å². The van der Waals surface area contributed by atoms with Crippen LogP contribution in [0.5, 0.6) is 0 Å². The molecule has 1 heterocycles. The van der Waals surface area contributed by atoms with Crippen LogP contribution < -0.4 is 0 Å². The maximum absolute atomic E-state index is 11.8. The first-order valence-electron chi connectivity index (χ1n) is 5.65. The Morgan fingerprint density at radius 1 is 1.28 bits per heavy atom. The average Bonchev–Trinajstić information content (AvgIpc) is 2.38. The van der Waals surface area contributed by atoms with Crippen molar-refractivity contribution in [2.24, 2.45) is 0 Å². The number of ketones is 1. The number of hydrogen-bond donors (Lipinski definition) is 0. The monoisotopic (exact) mass is 261 g/mol. The first-order chi connectivity index (χ1) is 8.70. The Morgan fingerprint density at radius 3 is 2.78 bits per heavy atom. The van der Waals surface area contributed by atoms with E-state index in [2.05, 4.69) is 15.0 Å². The fourth-order valence-electron chi connectivity index (χ4n) is 1.70. The van der Waals surface area contributed by atoms with Crippen LogP contribution in [0.2, 0.25) is 5.28 Å². The Labute approximate surface area is 110 Å². The highest BCUT2D eigenvalue weighted by atomic mass is 35.5. The number of carbonyl (C=O) groups excluding carboxylic acids is 1. The molecule has 0 saturated heterocycles. The zero-order chi connectivity index (χ0) is 13.0. The summed E-state index contributed by atoms with van der Waals surface area (Å²) >= 11 is 5.71. The van der Waals surface area contributed by atoms with Gasteiger partial charge in [0.1, 0.15) is 12.2 Å². The van der Waals surface area contributed by atoms with E-state index in [4.69, 9.17) is 11.6 Å². The Bertz CT molecular complexity index is 572. The van der Waals surface area contributed by atoms with Crippen LogP contribution in [0.15, 0.2) is 30.6 Å². The van der Waals surface area contributed by atoms with Crippen LogP contribution in [0.1, 0.15) is 35.1 Å². The van der Waals surface area contributed by atoms with E-state index in [-0.39, 0.29) is 11.1 Å². The molecule has 0 bridgehead atoms. The number of carbonyl (C=O) groups is 1. The molecule has 0 amide bonds. The highest BCUT2D eigenvalue weighted by Gasteiger charge is 2.10. The Balaban J connectivity index is 2.32. The van der Waals surface area contributed by atoms with Gasteiger partial charge in [-0.2, -0.15) is 0 Å². The molecule has 2 aromatic rings. The number of benzene rings is 1. The number of rotatable bonds is 4. The molecule has 0 saturated carbocycles. The summed E-state index contributed by atoms with van der Waals surface area (Å²) < 4.78 is 0. The van der Waals surface area contributed by atoms with E-state index >= 15 is 0 Å². The number of Topliss-reactive ketones (excluding diaryl/α,β-unsaturated/α-hetero) is 1. The maximum atomic E-state index is 11.8. The van der Waals surface area contributed by atoms with Gasteiger partial charge < -0.3 is 0 Å². The van der Waals surface area contributed by atoms with Gasteiger partial charge in [-0.1, -0.05) is 31.2 Å². The molecule has 0 aliphatic heterocycles. The molecule has 5 heteroatoms. The van der Waals surface area contributed by atoms with Gasteiger partial charge in [-0.05, 0) is 17.2 Å². The van der Waals surface area contributed by atoms with Crippen molar-refractivity contribution in [1.82, 2.24) is 15.0 Å². The summed E-state index contributed by atoms with van der Waals surface area (Å²) in [7, 11) is 0. The highest BCUT2D eigenvalue weighted by molar-refractivity contribution is 6.28. The minimum Gasteiger partial charge on any atom is -0.294 e. The second kappa shape index (κ2) is 5.69. The van der Waals surface area contributed by atoms with Gasteiger partial charge in [0.15, 0.2) is 5.78 Å². The standard InChI is InChI=1S/C13H12ClN3O/c1-2-11(18)10-6-4-3-5-9(10)7-12-15-8-16-13(14)17-12/h3-6,8H,2,7H2,1H3. The van der Waals surface area contributed by atoms with Crippen LogP contribution in [0.25, 0.3) is 0 Å². The fraction of sp³-hybridized carbons (Fsp3) is 0.231. The molecular weight excluding hydrogens is 250 g/mol. The molecule has 0 unspecified atom stereocenters. The molecule has 0 N–H and O–H groups in total. The van der Waals surface area contributed by atoms with E-state index in [1.165, 1.54) is 6.33 Å². The van der Waals surface area contributed by atoms with E-state index in [0.29, 0.717) is 18.7 Å². The molecule has 92 valence electrons. The lowest BCUT2D eigenvalue weighted by Crippen LogP contribution is -2.05. The van der Waals surface area contributed by atoms with E-state index in [9.17, 15) is 4.79 Å². The molecule has 1 aromatic heterocycles. The van der Waals surface area contributed by atoms with Gasteiger partial charge in [-0.3, -0.25) is 4.79 Å². The first-order valence-corrected chi connectivity index (χ1v) is 6.03. The first kappa shape index (κ1) is 12.6. The van der Waals surface area contributed by atoms with Gasteiger partial charge in [-0.15, -0.1) is 0 Å². The molecule has 0 fully saturated rings. The zero-order valence-corrected chi connectivity index (χ0v) is 10.7. The van der Waals surface area contributed by atoms with Crippen molar-refractivity contribution in [3.05, 3.63) is 52.8 Å². The lowest BCUT2D eigenvalue weighted by molar-refractivity contribution is 0.0987. The second-order valence-electron chi connectivity index (χ2n) is 3.78. The molecule has 0 radical (unpaired) electrons. The summed E-state index contributed by atoms with van der Waals surface area (Å²) in [5, 5.41) is 0.166. The third-order valence-electron chi connectivity index (χ3n) is 2.58. The van der Waals surface area contributed by atoms with Gasteiger partial charge in [0, 0.05) is 18.4 Å². The molecule has 2 rings (SSSR count). The minimum atomic E-state index is 0.116. The van der Waals surface area contributed by atoms with Crippen LogP contribution in [-0.4, -0.2) is 20.7 Å². The predicted octanol–water partition coefficient (Wildman–Crippen LogP) is 2.71. The van der Waals surface area contributed by atoms with Gasteiger partial charge in [0.2, 0.25) is 5.28 Å². The lowest BCUT2D eigenvalue weighted by atomic mass is 9.99. The predicted molar refractivity (Wildman–Crippen MR) is 68.7 cm³/mol. The van der Waals surface area contributed by atoms with Crippen LogP contribution in [0, 0.1) is 0 Å². The molecule has 0 aliphatic carbocycles. The normalized spacial score (nSPS) is 10.3. The van der Waals surface area contributed by atoms with Crippen molar-refractivity contribution in [1.29, 1.82) is 0 Å². The van der Waals surface area contributed by atoms with E-state index in [1.54, 1.807) is 0 Å². The molecule has 0 atom stereocenters. The van der Waals surface area contributed by atoms with Gasteiger partial charge in [-0.25, -0.2) is 15.0 Å². The summed E-state index contributed by atoms with van der Waals surface area (Å²) in [4.78, 5) is 23.6. The third kappa shape index (κ3) is 2.90. The number of aromatic nitrogens is 3. The van der Waals surface area contributed by atoms with Crippen molar-refractivity contribution in [2.75, 3.05) is 0 Å². The van der Waals surface area contributed by atoms with E-state index in [0.717, 1.165) is 11.1 Å². The van der Waals surface area contributed by atoms with E-state index < -0.39 is 0 Å². The van der Waals surface area contributed by atoms with E-state index in [1.807, 2.05) is 31.2 Å². The van der Waals surface area contributed by atoms with Gasteiger partial charge >= 0.3 is 0 Å². The smallest absolute Gasteiger partial charge is 0.225 e. The average molecular weight is 262 g/mol. The van der Waals surface area contributed by atoms with Crippen LogP contribution in [-0.2, 0) is 6.42 Å². The van der Waals surface area contributed by atoms with Crippen molar-refractivity contribution >= 4 is 17.4 Å². The quantitative estimate of drug-likeness (QED) is 0.794. The van der Waals surface area contributed by atoms with Crippen molar-refractivity contribution in [2.45, 2.75) is 19.8 Å². The number of hydrogen-bond acceptors (Lipinski definition) is 4. The third-order valence-corrected chi connectivity index (χ3v) is 2.76. The maximum Gasteiger partial charge on any atom is 0.225 e. The second-order valence-corrected chi connectivity index (χ2v) is 4.12. The summed E-state index contributed by atoms with van der Waals surface area (Å²) in [5.74, 6) is 0.678. The molecule has 0 spiro atoms. The van der Waals surface area contributed by atoms with Gasteiger partial charge in [0.25, 0.3) is 0 Å². The van der Waals surface area contributed by atoms with Gasteiger partial charge in [0.05, 0.1) is 0 Å². The van der Waals surface area contributed by atoms with Crippen LogP contribution in [0.4, 0.5) is 0 Å². The van der Waals surface area contributed by atoms with Crippen LogP contribution >= 0.6 is 11.6 Å².